The number of aliphatic hydroxyl groups excluding tert-OH is 1. The molecule has 0 fully saturated rings. The van der Waals surface area contributed by atoms with Gasteiger partial charge in [-0.3, -0.25) is 4.79 Å². The van der Waals surface area contributed by atoms with Crippen molar-refractivity contribution in [2.75, 3.05) is 6.61 Å². The summed E-state index contributed by atoms with van der Waals surface area (Å²) in [7, 11) is 0. The van der Waals surface area contributed by atoms with Crippen molar-refractivity contribution < 1.29 is 9.90 Å². The van der Waals surface area contributed by atoms with E-state index < -0.39 is 0 Å². The number of aliphatic hydroxyl groups is 1. The van der Waals surface area contributed by atoms with Gasteiger partial charge in [0.2, 0.25) is 0 Å². The first-order valence-corrected chi connectivity index (χ1v) is 8.32. The normalized spacial score (nSPS) is 10.0. The second-order valence-electron chi connectivity index (χ2n) is 4.57. The zero-order valence-electron chi connectivity index (χ0n) is 12.0. The number of nitrogens with one attached hydrogen (secondary N) is 1. The Bertz CT molecular complexity index is 669. The Kier molecular flexibility index (Phi) is 5.57. The van der Waals surface area contributed by atoms with E-state index in [9.17, 15) is 4.79 Å². The third-order valence-electron chi connectivity index (χ3n) is 3.00. The van der Waals surface area contributed by atoms with Gasteiger partial charge in [-0.2, -0.15) is 0 Å². The van der Waals surface area contributed by atoms with Gasteiger partial charge in [-0.25, -0.2) is 0 Å². The number of carbonyl (C=O) groups excluding carboxylic acids is 1. The maximum absolute atomic E-state index is 12.1. The molecule has 1 amide bonds. The SMILES string of the molecule is Cc1cc(C(=O)NCc2sccc2C#CCCO)sc1C. The van der Waals surface area contributed by atoms with Crippen LogP contribution in [0.5, 0.6) is 0 Å². The van der Waals surface area contributed by atoms with Crippen molar-refractivity contribution in [1.29, 1.82) is 0 Å². The molecule has 21 heavy (non-hydrogen) atoms. The lowest BCUT2D eigenvalue weighted by atomic mass is 10.2. The van der Waals surface area contributed by atoms with Crippen molar-refractivity contribution >= 4 is 28.6 Å². The molecule has 0 saturated heterocycles. The average molecular weight is 319 g/mol. The Morgan fingerprint density at radius 1 is 1.43 bits per heavy atom. The molecule has 0 spiro atoms. The van der Waals surface area contributed by atoms with E-state index >= 15 is 0 Å². The van der Waals surface area contributed by atoms with Crippen molar-refractivity contribution in [3.63, 3.8) is 0 Å². The van der Waals surface area contributed by atoms with Crippen molar-refractivity contribution in [1.82, 2.24) is 5.32 Å². The van der Waals surface area contributed by atoms with E-state index in [1.54, 1.807) is 11.3 Å². The van der Waals surface area contributed by atoms with E-state index in [4.69, 9.17) is 5.11 Å². The van der Waals surface area contributed by atoms with Crippen LogP contribution in [0.15, 0.2) is 17.5 Å². The summed E-state index contributed by atoms with van der Waals surface area (Å²) >= 11 is 3.09. The van der Waals surface area contributed by atoms with Crippen LogP contribution in [-0.2, 0) is 6.54 Å². The first-order valence-electron chi connectivity index (χ1n) is 6.63. The number of aryl methyl sites for hydroxylation is 2. The van der Waals surface area contributed by atoms with Gasteiger partial charge in [0.05, 0.1) is 18.0 Å². The van der Waals surface area contributed by atoms with Gasteiger partial charge in [-0.05, 0) is 36.9 Å². The summed E-state index contributed by atoms with van der Waals surface area (Å²) < 4.78 is 0. The van der Waals surface area contributed by atoms with Crippen molar-refractivity contribution in [2.24, 2.45) is 0 Å². The molecule has 0 aromatic carbocycles. The summed E-state index contributed by atoms with van der Waals surface area (Å²) in [5.41, 5.74) is 2.07. The van der Waals surface area contributed by atoms with Crippen LogP contribution in [0.1, 0.15) is 37.0 Å². The molecule has 0 bridgehead atoms. The maximum Gasteiger partial charge on any atom is 0.261 e. The highest BCUT2D eigenvalue weighted by Crippen LogP contribution is 2.21. The molecule has 0 aliphatic heterocycles. The van der Waals surface area contributed by atoms with Crippen LogP contribution in [0.25, 0.3) is 0 Å². The third kappa shape index (κ3) is 4.18. The first-order chi connectivity index (χ1) is 10.1. The third-order valence-corrected chi connectivity index (χ3v) is 5.08. The Morgan fingerprint density at radius 3 is 2.90 bits per heavy atom. The summed E-state index contributed by atoms with van der Waals surface area (Å²) in [6, 6.07) is 3.86. The molecule has 2 aromatic rings. The topological polar surface area (TPSA) is 49.3 Å². The number of hydrogen-bond donors (Lipinski definition) is 2. The van der Waals surface area contributed by atoms with Gasteiger partial charge in [0.25, 0.3) is 5.91 Å². The minimum atomic E-state index is -0.0427. The second-order valence-corrected chi connectivity index (χ2v) is 6.82. The molecule has 0 aliphatic rings. The molecule has 110 valence electrons. The zero-order chi connectivity index (χ0) is 15.2. The Labute approximate surface area is 132 Å². The van der Waals surface area contributed by atoms with E-state index in [0.717, 1.165) is 20.9 Å². The molecule has 5 heteroatoms. The fraction of sp³-hybridized carbons (Fsp3) is 0.312. The summed E-state index contributed by atoms with van der Waals surface area (Å²) in [6.07, 6.45) is 0.468. The minimum absolute atomic E-state index is 0.0427. The van der Waals surface area contributed by atoms with Crippen LogP contribution in [0, 0.1) is 25.7 Å². The van der Waals surface area contributed by atoms with E-state index in [1.165, 1.54) is 16.2 Å². The van der Waals surface area contributed by atoms with Crippen LogP contribution in [-0.4, -0.2) is 17.6 Å². The number of thiophene rings is 2. The van der Waals surface area contributed by atoms with Crippen molar-refractivity contribution in [3.8, 4) is 11.8 Å². The van der Waals surface area contributed by atoms with Crippen LogP contribution in [0.3, 0.4) is 0 Å². The van der Waals surface area contributed by atoms with Gasteiger partial charge < -0.3 is 10.4 Å². The lowest BCUT2D eigenvalue weighted by Crippen LogP contribution is -2.21. The van der Waals surface area contributed by atoms with Crippen molar-refractivity contribution in [3.05, 3.63) is 43.3 Å². The van der Waals surface area contributed by atoms with Gasteiger partial charge in [0, 0.05) is 21.7 Å². The number of carbonyl (C=O) groups is 1. The highest BCUT2D eigenvalue weighted by molar-refractivity contribution is 7.14. The maximum atomic E-state index is 12.1. The standard InChI is InChI=1S/C16H17NO2S2/c1-11-9-14(21-12(11)2)16(19)17-10-15-13(6-8-20-15)5-3-4-7-18/h6,8-9,18H,4,7,10H2,1-2H3,(H,17,19). The molecular weight excluding hydrogens is 302 g/mol. The van der Waals surface area contributed by atoms with E-state index in [-0.39, 0.29) is 12.5 Å². The Hall–Kier alpha value is -1.61. The molecule has 2 N–H and O–H groups in total. The largest absolute Gasteiger partial charge is 0.395 e. The predicted octanol–water partition coefficient (Wildman–Crippen LogP) is 3.09. The van der Waals surface area contributed by atoms with Gasteiger partial charge >= 0.3 is 0 Å². The summed E-state index contributed by atoms with van der Waals surface area (Å²) in [6.45, 7) is 4.58. The second kappa shape index (κ2) is 7.41. The number of rotatable bonds is 4. The molecule has 0 atom stereocenters. The lowest BCUT2D eigenvalue weighted by molar-refractivity contribution is 0.0955. The number of amides is 1. The molecule has 2 heterocycles. The minimum Gasteiger partial charge on any atom is -0.395 e. The van der Waals surface area contributed by atoms with Gasteiger partial charge in [-0.1, -0.05) is 11.8 Å². The molecule has 0 radical (unpaired) electrons. The van der Waals surface area contributed by atoms with Crippen molar-refractivity contribution in [2.45, 2.75) is 26.8 Å². The number of hydrogen-bond acceptors (Lipinski definition) is 4. The fourth-order valence-electron chi connectivity index (χ4n) is 1.74. The van der Waals surface area contributed by atoms with Crippen LogP contribution in [0.4, 0.5) is 0 Å². The highest BCUT2D eigenvalue weighted by atomic mass is 32.1. The predicted molar refractivity (Wildman–Crippen MR) is 87.9 cm³/mol. The summed E-state index contributed by atoms with van der Waals surface area (Å²) in [5.74, 6) is 5.88. The van der Waals surface area contributed by atoms with Crippen LogP contribution >= 0.6 is 22.7 Å². The van der Waals surface area contributed by atoms with Gasteiger partial charge in [0.15, 0.2) is 0 Å². The van der Waals surface area contributed by atoms with Crippen LogP contribution < -0.4 is 5.32 Å². The van der Waals surface area contributed by atoms with Gasteiger partial charge in [-0.15, -0.1) is 22.7 Å². The highest BCUT2D eigenvalue weighted by Gasteiger charge is 2.11. The van der Waals surface area contributed by atoms with E-state index in [1.807, 2.05) is 31.4 Å². The smallest absolute Gasteiger partial charge is 0.261 e. The molecule has 2 aromatic heterocycles. The average Bonchev–Trinajstić information content (AvgIpc) is 3.04. The quantitative estimate of drug-likeness (QED) is 0.851. The molecule has 2 rings (SSSR count). The lowest BCUT2D eigenvalue weighted by Gasteiger charge is -2.02. The zero-order valence-corrected chi connectivity index (χ0v) is 13.7. The Morgan fingerprint density at radius 2 is 2.24 bits per heavy atom. The van der Waals surface area contributed by atoms with E-state index in [0.29, 0.717) is 13.0 Å². The summed E-state index contributed by atoms with van der Waals surface area (Å²) in [5, 5.41) is 13.6. The van der Waals surface area contributed by atoms with Gasteiger partial charge in [0.1, 0.15) is 0 Å². The molecular formula is C16H17NO2S2. The monoisotopic (exact) mass is 319 g/mol. The summed E-state index contributed by atoms with van der Waals surface area (Å²) in [4.78, 5) is 15.1. The molecule has 0 aliphatic carbocycles. The van der Waals surface area contributed by atoms with E-state index in [2.05, 4.69) is 17.2 Å². The molecule has 3 nitrogen and oxygen atoms in total. The van der Waals surface area contributed by atoms with Crippen LogP contribution in [0.2, 0.25) is 0 Å². The first kappa shape index (κ1) is 15.8. The molecule has 0 unspecified atom stereocenters. The fourth-order valence-corrected chi connectivity index (χ4v) is 3.46. The Balaban J connectivity index is 1.99. The molecule has 0 saturated carbocycles.